The lowest BCUT2D eigenvalue weighted by molar-refractivity contribution is 0.00310. The lowest BCUT2D eigenvalue weighted by Gasteiger charge is -1.97. The van der Waals surface area contributed by atoms with E-state index in [1.165, 1.54) is 6.34 Å². The molecule has 1 rings (SSSR count). The molecule has 0 fully saturated rings. The van der Waals surface area contributed by atoms with Gasteiger partial charge in [0.05, 0.1) is 13.1 Å². The van der Waals surface area contributed by atoms with Gasteiger partial charge < -0.3 is 0 Å². The van der Waals surface area contributed by atoms with Crippen LogP contribution in [0, 0.1) is 0 Å². The normalized spacial score (nSPS) is 17.0. The molecule has 0 amide bonds. The van der Waals surface area contributed by atoms with Gasteiger partial charge in [-0.1, -0.05) is 0 Å². The van der Waals surface area contributed by atoms with Crippen molar-refractivity contribution >= 4 is 23.7 Å². The van der Waals surface area contributed by atoms with Gasteiger partial charge in [0.25, 0.3) is 0 Å². The molecule has 0 aliphatic carbocycles. The van der Waals surface area contributed by atoms with Gasteiger partial charge in [-0.2, -0.15) is 0 Å². The molecule has 1 heterocycles. The molecule has 0 spiro atoms. The van der Waals surface area contributed by atoms with E-state index in [4.69, 9.17) is 5.21 Å². The van der Waals surface area contributed by atoms with Crippen molar-refractivity contribution in [2.45, 2.75) is 0 Å². The predicted molar refractivity (Wildman–Crippen MR) is 31.8 cm³/mol. The lowest BCUT2D eigenvalue weighted by atomic mass is 10.7. The molecule has 1 aliphatic heterocycles. The highest BCUT2D eigenvalue weighted by atomic mass is 27.0. The minimum absolute atomic E-state index is 0. The first kappa shape index (κ1) is 6.96. The van der Waals surface area contributed by atoms with Crippen LogP contribution in [0.15, 0.2) is 4.99 Å². The summed E-state index contributed by atoms with van der Waals surface area (Å²) >= 11 is 0. The van der Waals surface area contributed by atoms with Crippen LogP contribution in [0.4, 0.5) is 0 Å². The topological polar surface area (TPSA) is 35.8 Å². The van der Waals surface area contributed by atoms with Gasteiger partial charge in [0.15, 0.2) is 17.4 Å². The van der Waals surface area contributed by atoms with E-state index in [0.29, 0.717) is 6.54 Å². The molecule has 1 N–H and O–H groups in total. The van der Waals surface area contributed by atoms with Crippen molar-refractivity contribution in [3.05, 3.63) is 0 Å². The van der Waals surface area contributed by atoms with E-state index in [2.05, 4.69) is 4.99 Å². The second kappa shape index (κ2) is 3.03. The summed E-state index contributed by atoms with van der Waals surface area (Å²) in [6.45, 7) is 1.39. The predicted octanol–water partition coefficient (Wildman–Crippen LogP) is -1.46. The lowest BCUT2D eigenvalue weighted by Crippen LogP contribution is -2.12. The maximum atomic E-state index is 8.41. The average molecular weight is 116 g/mol. The Morgan fingerprint density at radius 2 is 2.43 bits per heavy atom. The van der Waals surface area contributed by atoms with Gasteiger partial charge in [-0.15, -0.1) is 0 Å². The summed E-state index contributed by atoms with van der Waals surface area (Å²) in [5.41, 5.74) is 0. The molecule has 0 radical (unpaired) electrons. The van der Waals surface area contributed by atoms with Crippen LogP contribution < -0.4 is 0 Å². The molecular formula is C3H9AlN2O. The summed E-state index contributed by atoms with van der Waals surface area (Å²) < 4.78 is 0. The number of hydroxylamine groups is 2. The fourth-order valence-corrected chi connectivity index (χ4v) is 0.370. The molecule has 0 aromatic heterocycles. The number of rotatable bonds is 0. The quantitative estimate of drug-likeness (QED) is 0.392. The Kier molecular flexibility index (Phi) is 3.01. The molecule has 0 aromatic carbocycles. The summed E-state index contributed by atoms with van der Waals surface area (Å²) in [7, 11) is 0. The average Bonchev–Trinajstić information content (AvgIpc) is 1.86. The molecule has 4 heteroatoms. The first-order valence-corrected chi connectivity index (χ1v) is 1.85. The summed E-state index contributed by atoms with van der Waals surface area (Å²) in [5.74, 6) is 0. The van der Waals surface area contributed by atoms with E-state index in [0.717, 1.165) is 11.6 Å². The van der Waals surface area contributed by atoms with E-state index in [-0.39, 0.29) is 17.4 Å². The summed E-state index contributed by atoms with van der Waals surface area (Å²) in [5, 5.41) is 9.48. The highest BCUT2D eigenvalue weighted by Crippen LogP contribution is 1.83. The molecule has 0 unspecified atom stereocenters. The van der Waals surface area contributed by atoms with Gasteiger partial charge in [-0.3, -0.25) is 10.2 Å². The summed E-state index contributed by atoms with van der Waals surface area (Å²) in [4.78, 5) is 3.72. The number of nitrogens with zero attached hydrogens (tertiary/aromatic N) is 2. The zero-order chi connectivity index (χ0) is 4.41. The Labute approximate surface area is 52.7 Å². The van der Waals surface area contributed by atoms with E-state index < -0.39 is 0 Å². The highest BCUT2D eigenvalue weighted by Gasteiger charge is 1.96. The molecule has 40 valence electrons. The molecular weight excluding hydrogens is 107 g/mol. The van der Waals surface area contributed by atoms with Crippen LogP contribution in [0.2, 0.25) is 0 Å². The molecule has 0 saturated heterocycles. The van der Waals surface area contributed by atoms with Gasteiger partial charge in [-0.25, -0.2) is 5.06 Å². The standard InChI is InChI=1S/C3H6N2O.Al.3H/c6-5-2-1-4-3-5;;;;/h3,6H,1-2H2;;;;. The fourth-order valence-electron chi connectivity index (χ4n) is 0.370. The van der Waals surface area contributed by atoms with Crippen molar-refractivity contribution in [3.8, 4) is 0 Å². The number of hydrogen-bond donors (Lipinski definition) is 1. The largest absolute Gasteiger partial charge is 0.287 e. The summed E-state index contributed by atoms with van der Waals surface area (Å²) in [6.07, 6.45) is 1.42. The Balaban J connectivity index is 0.000000360. The van der Waals surface area contributed by atoms with Crippen molar-refractivity contribution in [3.63, 3.8) is 0 Å². The molecule has 0 saturated carbocycles. The van der Waals surface area contributed by atoms with E-state index in [1.54, 1.807) is 0 Å². The first-order chi connectivity index (χ1) is 2.89. The zero-order valence-electron chi connectivity index (χ0n) is 3.33. The third-order valence-corrected chi connectivity index (χ3v) is 0.673. The third-order valence-electron chi connectivity index (χ3n) is 0.673. The smallest absolute Gasteiger partial charge is 0.187 e. The Morgan fingerprint density at radius 1 is 1.71 bits per heavy atom. The monoisotopic (exact) mass is 116 g/mol. The Hall–Kier alpha value is -0.0375. The fraction of sp³-hybridized carbons (Fsp3) is 0.667. The van der Waals surface area contributed by atoms with Gasteiger partial charge in [0, 0.05) is 0 Å². The molecule has 0 atom stereocenters. The minimum Gasteiger partial charge on any atom is -0.287 e. The van der Waals surface area contributed by atoms with Crippen LogP contribution >= 0.6 is 0 Å². The molecule has 3 nitrogen and oxygen atoms in total. The molecule has 1 aliphatic rings. The van der Waals surface area contributed by atoms with Crippen LogP contribution in [0.3, 0.4) is 0 Å². The van der Waals surface area contributed by atoms with E-state index in [9.17, 15) is 0 Å². The summed E-state index contributed by atoms with van der Waals surface area (Å²) in [6, 6.07) is 0. The molecule has 0 bridgehead atoms. The molecule has 7 heavy (non-hydrogen) atoms. The van der Waals surface area contributed by atoms with E-state index in [1.807, 2.05) is 0 Å². The third kappa shape index (κ3) is 1.93. The SMILES string of the molecule is ON1C=NCC1.[AlH3]. The second-order valence-electron chi connectivity index (χ2n) is 1.18. The van der Waals surface area contributed by atoms with Crippen molar-refractivity contribution in [1.29, 1.82) is 0 Å². The Bertz CT molecular complexity index is 75.3. The van der Waals surface area contributed by atoms with Crippen LogP contribution in [0.1, 0.15) is 0 Å². The second-order valence-corrected chi connectivity index (χ2v) is 1.18. The highest BCUT2D eigenvalue weighted by molar-refractivity contribution is 5.75. The maximum Gasteiger partial charge on any atom is 0.187 e. The Morgan fingerprint density at radius 3 is 2.57 bits per heavy atom. The van der Waals surface area contributed by atoms with Gasteiger partial charge in [0.2, 0.25) is 0 Å². The van der Waals surface area contributed by atoms with Gasteiger partial charge in [0.1, 0.15) is 6.34 Å². The van der Waals surface area contributed by atoms with Gasteiger partial charge >= 0.3 is 0 Å². The minimum atomic E-state index is 0. The van der Waals surface area contributed by atoms with Crippen LogP contribution in [0.5, 0.6) is 0 Å². The van der Waals surface area contributed by atoms with Crippen LogP contribution in [-0.2, 0) is 0 Å². The van der Waals surface area contributed by atoms with Crippen molar-refractivity contribution in [1.82, 2.24) is 5.06 Å². The van der Waals surface area contributed by atoms with Crippen molar-refractivity contribution < 1.29 is 5.21 Å². The first-order valence-electron chi connectivity index (χ1n) is 1.85. The van der Waals surface area contributed by atoms with Crippen LogP contribution in [-0.4, -0.2) is 47.1 Å². The van der Waals surface area contributed by atoms with Crippen molar-refractivity contribution in [2.24, 2.45) is 4.99 Å². The molecule has 0 aromatic rings. The zero-order valence-corrected chi connectivity index (χ0v) is 3.33. The number of aliphatic imine (C=N–C) groups is 1. The number of hydrogen-bond acceptors (Lipinski definition) is 3. The van der Waals surface area contributed by atoms with E-state index >= 15 is 0 Å². The van der Waals surface area contributed by atoms with Crippen LogP contribution in [0.25, 0.3) is 0 Å². The maximum absolute atomic E-state index is 8.41. The van der Waals surface area contributed by atoms with Gasteiger partial charge in [-0.05, 0) is 0 Å². The van der Waals surface area contributed by atoms with Crippen molar-refractivity contribution in [2.75, 3.05) is 13.1 Å².